The van der Waals surface area contributed by atoms with Gasteiger partial charge in [-0.1, -0.05) is 19.1 Å². The highest BCUT2D eigenvalue weighted by atomic mass is 16.5. The third-order valence-electron chi connectivity index (χ3n) is 3.61. The molecule has 1 saturated heterocycles. The van der Waals surface area contributed by atoms with Crippen LogP contribution in [0.25, 0.3) is 0 Å². The Labute approximate surface area is 115 Å². The monoisotopic (exact) mass is 264 g/mol. The Morgan fingerprint density at radius 2 is 2.16 bits per heavy atom. The molecule has 1 aliphatic rings. The van der Waals surface area contributed by atoms with Gasteiger partial charge in [0.05, 0.1) is 18.8 Å². The average Bonchev–Trinajstić information content (AvgIpc) is 2.96. The molecule has 0 saturated carbocycles. The second-order valence-electron chi connectivity index (χ2n) is 5.12. The predicted molar refractivity (Wildman–Crippen MR) is 75.4 cm³/mol. The van der Waals surface area contributed by atoms with Gasteiger partial charge in [-0.2, -0.15) is 0 Å². The minimum Gasteiger partial charge on any atom is -0.494 e. The van der Waals surface area contributed by atoms with E-state index in [1.807, 2.05) is 31.2 Å². The van der Waals surface area contributed by atoms with Crippen LogP contribution in [0.2, 0.25) is 0 Å². The van der Waals surface area contributed by atoms with Crippen LogP contribution < -0.4 is 4.74 Å². The molecule has 0 spiro atoms. The number of aliphatic hydroxyl groups excluding tert-OH is 1. The van der Waals surface area contributed by atoms with Gasteiger partial charge in [0, 0.05) is 6.61 Å². The summed E-state index contributed by atoms with van der Waals surface area (Å²) in [5.41, 5.74) is 0.953. The standard InChI is InChI=1S/C16H24O3/c1-2-16(17)13-7-9-15(10-8-13)19-12-4-6-14-5-3-11-18-14/h7-10,14,16-17H,2-6,11-12H2,1H3/t14?,16-/m0/s1. The summed E-state index contributed by atoms with van der Waals surface area (Å²) in [5.74, 6) is 0.874. The van der Waals surface area contributed by atoms with Gasteiger partial charge in [0.25, 0.3) is 0 Å². The maximum atomic E-state index is 9.70. The van der Waals surface area contributed by atoms with Gasteiger partial charge in [0.15, 0.2) is 0 Å². The summed E-state index contributed by atoms with van der Waals surface area (Å²) >= 11 is 0. The van der Waals surface area contributed by atoms with Gasteiger partial charge in [-0.3, -0.25) is 0 Å². The van der Waals surface area contributed by atoms with Crippen LogP contribution in [-0.4, -0.2) is 24.4 Å². The molecule has 3 nitrogen and oxygen atoms in total. The lowest BCUT2D eigenvalue weighted by molar-refractivity contribution is 0.0981. The second kappa shape index (κ2) is 7.51. The molecular weight excluding hydrogens is 240 g/mol. The predicted octanol–water partition coefficient (Wildman–Crippen LogP) is 3.47. The van der Waals surface area contributed by atoms with Crippen molar-refractivity contribution in [1.82, 2.24) is 0 Å². The van der Waals surface area contributed by atoms with E-state index in [2.05, 4.69) is 0 Å². The Hall–Kier alpha value is -1.06. The van der Waals surface area contributed by atoms with E-state index in [1.54, 1.807) is 0 Å². The van der Waals surface area contributed by atoms with E-state index < -0.39 is 0 Å². The van der Waals surface area contributed by atoms with Crippen molar-refractivity contribution < 1.29 is 14.6 Å². The van der Waals surface area contributed by atoms with Crippen LogP contribution in [0, 0.1) is 0 Å². The molecule has 0 radical (unpaired) electrons. The summed E-state index contributed by atoms with van der Waals surface area (Å²) in [7, 11) is 0. The highest BCUT2D eigenvalue weighted by Crippen LogP contribution is 2.20. The number of rotatable bonds is 7. The highest BCUT2D eigenvalue weighted by Gasteiger charge is 2.14. The molecule has 0 aliphatic carbocycles. The number of hydrogen-bond donors (Lipinski definition) is 1. The van der Waals surface area contributed by atoms with Gasteiger partial charge in [-0.15, -0.1) is 0 Å². The summed E-state index contributed by atoms with van der Waals surface area (Å²) in [6, 6.07) is 7.73. The fraction of sp³-hybridized carbons (Fsp3) is 0.625. The van der Waals surface area contributed by atoms with Crippen LogP contribution in [0.1, 0.15) is 50.7 Å². The first-order valence-electron chi connectivity index (χ1n) is 7.32. The number of aliphatic hydroxyl groups is 1. The summed E-state index contributed by atoms with van der Waals surface area (Å²) in [6.07, 6.45) is 5.34. The molecule has 1 unspecified atom stereocenters. The Kier molecular flexibility index (Phi) is 5.67. The molecule has 1 N–H and O–H groups in total. The molecule has 0 amide bonds. The first-order chi connectivity index (χ1) is 9.29. The van der Waals surface area contributed by atoms with Crippen molar-refractivity contribution in [2.24, 2.45) is 0 Å². The zero-order valence-corrected chi connectivity index (χ0v) is 11.7. The SMILES string of the molecule is CC[C@H](O)c1ccc(OCCCC2CCCO2)cc1. The average molecular weight is 264 g/mol. The molecule has 106 valence electrons. The minimum absolute atomic E-state index is 0.367. The summed E-state index contributed by atoms with van der Waals surface area (Å²) < 4.78 is 11.3. The van der Waals surface area contributed by atoms with E-state index >= 15 is 0 Å². The van der Waals surface area contributed by atoms with Gasteiger partial charge >= 0.3 is 0 Å². The topological polar surface area (TPSA) is 38.7 Å². The molecular formula is C16H24O3. The lowest BCUT2D eigenvalue weighted by Gasteiger charge is -2.11. The van der Waals surface area contributed by atoms with Gasteiger partial charge in [0.2, 0.25) is 0 Å². The lowest BCUT2D eigenvalue weighted by Crippen LogP contribution is -2.07. The maximum absolute atomic E-state index is 9.70. The van der Waals surface area contributed by atoms with Crippen molar-refractivity contribution in [3.63, 3.8) is 0 Å². The second-order valence-corrected chi connectivity index (χ2v) is 5.12. The fourth-order valence-electron chi connectivity index (χ4n) is 2.39. The Morgan fingerprint density at radius 3 is 2.79 bits per heavy atom. The molecule has 0 bridgehead atoms. The molecule has 1 aromatic carbocycles. The van der Waals surface area contributed by atoms with Gasteiger partial charge in [-0.25, -0.2) is 0 Å². The first kappa shape index (κ1) is 14.4. The molecule has 1 aromatic rings. The van der Waals surface area contributed by atoms with E-state index in [4.69, 9.17) is 9.47 Å². The van der Waals surface area contributed by atoms with E-state index in [9.17, 15) is 5.11 Å². The minimum atomic E-state index is -0.367. The van der Waals surface area contributed by atoms with Crippen LogP contribution in [0.4, 0.5) is 0 Å². The molecule has 3 heteroatoms. The van der Waals surface area contributed by atoms with Crippen molar-refractivity contribution in [1.29, 1.82) is 0 Å². The number of hydrogen-bond acceptors (Lipinski definition) is 3. The third-order valence-corrected chi connectivity index (χ3v) is 3.61. The first-order valence-corrected chi connectivity index (χ1v) is 7.32. The van der Waals surface area contributed by atoms with E-state index in [0.717, 1.165) is 43.8 Å². The zero-order chi connectivity index (χ0) is 13.5. The van der Waals surface area contributed by atoms with Gasteiger partial charge in [-0.05, 0) is 49.8 Å². The van der Waals surface area contributed by atoms with Crippen molar-refractivity contribution in [2.45, 2.75) is 51.2 Å². The Bertz CT molecular complexity index is 355. The summed E-state index contributed by atoms with van der Waals surface area (Å²) in [4.78, 5) is 0. The maximum Gasteiger partial charge on any atom is 0.119 e. The highest BCUT2D eigenvalue weighted by molar-refractivity contribution is 5.28. The van der Waals surface area contributed by atoms with E-state index in [0.29, 0.717) is 6.10 Å². The quantitative estimate of drug-likeness (QED) is 0.766. The smallest absolute Gasteiger partial charge is 0.119 e. The molecule has 1 fully saturated rings. The summed E-state index contributed by atoms with van der Waals surface area (Å²) in [6.45, 7) is 3.63. The normalized spacial score (nSPS) is 20.4. The van der Waals surface area contributed by atoms with Crippen LogP contribution in [0.3, 0.4) is 0 Å². The van der Waals surface area contributed by atoms with Crippen molar-refractivity contribution in [2.75, 3.05) is 13.2 Å². The Balaban J connectivity index is 1.67. The summed E-state index contributed by atoms with van der Waals surface area (Å²) in [5, 5.41) is 9.70. The number of benzene rings is 1. The van der Waals surface area contributed by atoms with Crippen LogP contribution in [-0.2, 0) is 4.74 Å². The molecule has 2 atom stereocenters. The molecule has 19 heavy (non-hydrogen) atoms. The van der Waals surface area contributed by atoms with E-state index in [1.165, 1.54) is 12.8 Å². The van der Waals surface area contributed by atoms with E-state index in [-0.39, 0.29) is 6.10 Å². The third kappa shape index (κ3) is 4.51. The largest absolute Gasteiger partial charge is 0.494 e. The van der Waals surface area contributed by atoms with Crippen molar-refractivity contribution in [3.05, 3.63) is 29.8 Å². The van der Waals surface area contributed by atoms with Gasteiger partial charge < -0.3 is 14.6 Å². The fourth-order valence-corrected chi connectivity index (χ4v) is 2.39. The molecule has 0 aromatic heterocycles. The van der Waals surface area contributed by atoms with Crippen molar-refractivity contribution >= 4 is 0 Å². The lowest BCUT2D eigenvalue weighted by atomic mass is 10.1. The van der Waals surface area contributed by atoms with Crippen molar-refractivity contribution in [3.8, 4) is 5.75 Å². The Morgan fingerprint density at radius 1 is 1.37 bits per heavy atom. The molecule has 1 heterocycles. The van der Waals surface area contributed by atoms with Crippen LogP contribution in [0.5, 0.6) is 5.75 Å². The zero-order valence-electron chi connectivity index (χ0n) is 11.7. The van der Waals surface area contributed by atoms with Gasteiger partial charge in [0.1, 0.15) is 5.75 Å². The molecule has 2 rings (SSSR count). The van der Waals surface area contributed by atoms with Crippen LogP contribution >= 0.6 is 0 Å². The molecule has 1 aliphatic heterocycles. The number of ether oxygens (including phenoxy) is 2. The van der Waals surface area contributed by atoms with Crippen LogP contribution in [0.15, 0.2) is 24.3 Å².